The van der Waals surface area contributed by atoms with Crippen LogP contribution in [-0.4, -0.2) is 16.5 Å². The third kappa shape index (κ3) is 2.40. The van der Waals surface area contributed by atoms with Gasteiger partial charge in [0.05, 0.1) is 4.92 Å². The molecule has 0 bridgehead atoms. The van der Waals surface area contributed by atoms with Gasteiger partial charge in [-0.25, -0.2) is 4.98 Å². The van der Waals surface area contributed by atoms with Crippen molar-refractivity contribution in [1.29, 1.82) is 0 Å². The number of fused-ring (bicyclic) bond motifs is 1. The minimum Gasteiger partial charge on any atom is -0.384 e. The first kappa shape index (κ1) is 12.3. The summed E-state index contributed by atoms with van der Waals surface area (Å²) in [4.78, 5) is 14.6. The summed E-state index contributed by atoms with van der Waals surface area (Å²) in [6.07, 6.45) is 1.57. The van der Waals surface area contributed by atoms with E-state index in [1.807, 2.05) is 6.07 Å². The van der Waals surface area contributed by atoms with E-state index in [-0.39, 0.29) is 5.69 Å². The first-order valence-corrected chi connectivity index (χ1v) is 5.85. The van der Waals surface area contributed by atoms with Crippen molar-refractivity contribution in [3.8, 4) is 0 Å². The molecule has 1 aromatic carbocycles. The van der Waals surface area contributed by atoms with Crippen molar-refractivity contribution in [2.75, 3.05) is 11.9 Å². The number of nitro benzene ring substituents is 1. The Morgan fingerprint density at radius 2 is 2.17 bits per heavy atom. The van der Waals surface area contributed by atoms with Crippen LogP contribution in [0.1, 0.15) is 13.8 Å². The summed E-state index contributed by atoms with van der Waals surface area (Å²) >= 11 is 0. The SMILES string of the molecule is CC(C)CNc1ccc([N+](=O)[O-])c2ncccc12. The molecule has 18 heavy (non-hydrogen) atoms. The first-order valence-electron chi connectivity index (χ1n) is 5.85. The standard InChI is InChI=1S/C13H15N3O2/c1-9(2)8-15-11-5-6-12(16(17)18)13-10(11)4-3-7-14-13/h3-7,9,15H,8H2,1-2H3. The lowest BCUT2D eigenvalue weighted by molar-refractivity contribution is -0.383. The van der Waals surface area contributed by atoms with Crippen LogP contribution in [0.5, 0.6) is 0 Å². The fraction of sp³-hybridized carbons (Fsp3) is 0.308. The maximum atomic E-state index is 10.9. The normalized spacial score (nSPS) is 10.8. The van der Waals surface area contributed by atoms with Crippen molar-refractivity contribution in [1.82, 2.24) is 4.98 Å². The summed E-state index contributed by atoms with van der Waals surface area (Å²) in [5.41, 5.74) is 1.36. The Balaban J connectivity index is 2.50. The summed E-state index contributed by atoms with van der Waals surface area (Å²) in [6.45, 7) is 5.04. The topological polar surface area (TPSA) is 68.1 Å². The minimum absolute atomic E-state index is 0.0423. The third-order valence-corrected chi connectivity index (χ3v) is 2.65. The lowest BCUT2D eigenvalue weighted by Gasteiger charge is -2.11. The van der Waals surface area contributed by atoms with E-state index in [1.54, 1.807) is 18.3 Å². The minimum atomic E-state index is -0.401. The number of rotatable bonds is 4. The average Bonchev–Trinajstić information content (AvgIpc) is 2.35. The Bertz CT molecular complexity index is 581. The van der Waals surface area contributed by atoms with Gasteiger partial charge in [0.15, 0.2) is 0 Å². The molecule has 0 aliphatic carbocycles. The van der Waals surface area contributed by atoms with Gasteiger partial charge in [-0.05, 0) is 24.1 Å². The summed E-state index contributed by atoms with van der Waals surface area (Å²) < 4.78 is 0. The maximum Gasteiger partial charge on any atom is 0.295 e. The lowest BCUT2D eigenvalue weighted by atomic mass is 10.1. The van der Waals surface area contributed by atoms with E-state index in [9.17, 15) is 10.1 Å². The van der Waals surface area contributed by atoms with E-state index in [0.717, 1.165) is 17.6 Å². The van der Waals surface area contributed by atoms with Gasteiger partial charge in [0.2, 0.25) is 0 Å². The third-order valence-electron chi connectivity index (χ3n) is 2.65. The highest BCUT2D eigenvalue weighted by molar-refractivity contribution is 5.96. The average molecular weight is 245 g/mol. The van der Waals surface area contributed by atoms with Crippen LogP contribution in [-0.2, 0) is 0 Å². The first-order chi connectivity index (χ1) is 8.59. The van der Waals surface area contributed by atoms with Crippen LogP contribution in [0.2, 0.25) is 0 Å². The Labute approximate surface area is 105 Å². The van der Waals surface area contributed by atoms with Gasteiger partial charge in [0.25, 0.3) is 5.69 Å². The molecule has 0 aliphatic heterocycles. The molecule has 94 valence electrons. The van der Waals surface area contributed by atoms with Gasteiger partial charge < -0.3 is 5.32 Å². The van der Waals surface area contributed by atoms with Crippen molar-refractivity contribution in [2.45, 2.75) is 13.8 Å². The molecule has 2 rings (SSSR count). The number of anilines is 1. The molecule has 5 heteroatoms. The molecule has 0 atom stereocenters. The number of nitrogens with zero attached hydrogens (tertiary/aromatic N) is 2. The predicted octanol–water partition coefficient (Wildman–Crippen LogP) is 3.21. The van der Waals surface area contributed by atoms with Crippen molar-refractivity contribution < 1.29 is 4.92 Å². The fourth-order valence-electron chi connectivity index (χ4n) is 1.77. The highest BCUT2D eigenvalue weighted by Crippen LogP contribution is 2.29. The van der Waals surface area contributed by atoms with Gasteiger partial charge in [-0.3, -0.25) is 10.1 Å². The monoisotopic (exact) mass is 245 g/mol. The largest absolute Gasteiger partial charge is 0.384 e. The molecule has 0 radical (unpaired) electrons. The van der Waals surface area contributed by atoms with Gasteiger partial charge >= 0.3 is 0 Å². The molecule has 0 saturated heterocycles. The number of benzene rings is 1. The molecule has 1 N–H and O–H groups in total. The summed E-state index contributed by atoms with van der Waals surface area (Å²) in [5, 5.41) is 15.0. The summed E-state index contributed by atoms with van der Waals surface area (Å²) in [6, 6.07) is 6.87. The van der Waals surface area contributed by atoms with Crippen LogP contribution >= 0.6 is 0 Å². The number of non-ortho nitro benzene ring substituents is 1. The van der Waals surface area contributed by atoms with E-state index >= 15 is 0 Å². The van der Waals surface area contributed by atoms with E-state index in [4.69, 9.17) is 0 Å². The van der Waals surface area contributed by atoms with Gasteiger partial charge in [-0.1, -0.05) is 13.8 Å². The van der Waals surface area contributed by atoms with Crippen LogP contribution < -0.4 is 5.32 Å². The van der Waals surface area contributed by atoms with E-state index in [0.29, 0.717) is 11.4 Å². The Morgan fingerprint density at radius 1 is 1.39 bits per heavy atom. The van der Waals surface area contributed by atoms with Crippen molar-refractivity contribution in [3.63, 3.8) is 0 Å². The number of nitrogens with one attached hydrogen (secondary N) is 1. The molecule has 0 spiro atoms. The van der Waals surface area contributed by atoms with E-state index in [2.05, 4.69) is 24.1 Å². The van der Waals surface area contributed by atoms with Crippen LogP contribution in [0.4, 0.5) is 11.4 Å². The fourth-order valence-corrected chi connectivity index (χ4v) is 1.77. The van der Waals surface area contributed by atoms with Crippen LogP contribution in [0.25, 0.3) is 10.9 Å². The quantitative estimate of drug-likeness (QED) is 0.663. The van der Waals surface area contributed by atoms with Crippen molar-refractivity contribution in [2.24, 2.45) is 5.92 Å². The highest BCUT2D eigenvalue weighted by Gasteiger charge is 2.14. The molecule has 0 aliphatic rings. The summed E-state index contributed by atoms with van der Waals surface area (Å²) in [5.74, 6) is 0.506. The second kappa shape index (κ2) is 5.00. The number of hydrogen-bond acceptors (Lipinski definition) is 4. The van der Waals surface area contributed by atoms with Gasteiger partial charge in [0, 0.05) is 29.9 Å². The summed E-state index contributed by atoms with van der Waals surface area (Å²) in [7, 11) is 0. The molecular weight excluding hydrogens is 230 g/mol. The van der Waals surface area contributed by atoms with Crippen LogP contribution in [0.15, 0.2) is 30.5 Å². The predicted molar refractivity (Wildman–Crippen MR) is 71.7 cm³/mol. The van der Waals surface area contributed by atoms with Gasteiger partial charge in [-0.2, -0.15) is 0 Å². The van der Waals surface area contributed by atoms with E-state index < -0.39 is 4.92 Å². The van der Waals surface area contributed by atoms with Gasteiger partial charge in [-0.15, -0.1) is 0 Å². The molecule has 1 heterocycles. The number of nitro groups is 1. The molecule has 0 unspecified atom stereocenters. The molecular formula is C13H15N3O2. The lowest BCUT2D eigenvalue weighted by Crippen LogP contribution is -2.08. The van der Waals surface area contributed by atoms with Crippen LogP contribution in [0, 0.1) is 16.0 Å². The number of pyridine rings is 1. The van der Waals surface area contributed by atoms with E-state index in [1.165, 1.54) is 6.07 Å². The zero-order valence-corrected chi connectivity index (χ0v) is 10.4. The van der Waals surface area contributed by atoms with Gasteiger partial charge in [0.1, 0.15) is 5.52 Å². The zero-order chi connectivity index (χ0) is 13.1. The molecule has 0 amide bonds. The number of hydrogen-bond donors (Lipinski definition) is 1. The second-order valence-corrected chi connectivity index (χ2v) is 4.56. The Kier molecular flexibility index (Phi) is 3.41. The highest BCUT2D eigenvalue weighted by atomic mass is 16.6. The second-order valence-electron chi connectivity index (χ2n) is 4.56. The molecule has 2 aromatic rings. The zero-order valence-electron chi connectivity index (χ0n) is 10.4. The molecule has 0 saturated carbocycles. The molecule has 5 nitrogen and oxygen atoms in total. The molecule has 1 aromatic heterocycles. The Hall–Kier alpha value is -2.17. The van der Waals surface area contributed by atoms with Crippen LogP contribution in [0.3, 0.4) is 0 Å². The maximum absolute atomic E-state index is 10.9. The Morgan fingerprint density at radius 3 is 2.83 bits per heavy atom. The smallest absolute Gasteiger partial charge is 0.295 e. The molecule has 0 fully saturated rings. The van der Waals surface area contributed by atoms with Crippen molar-refractivity contribution >= 4 is 22.3 Å². The number of aromatic nitrogens is 1. The van der Waals surface area contributed by atoms with Crippen molar-refractivity contribution in [3.05, 3.63) is 40.6 Å².